The van der Waals surface area contributed by atoms with Crippen molar-refractivity contribution >= 4 is 22.4 Å². The van der Waals surface area contributed by atoms with E-state index in [0.717, 1.165) is 24.2 Å². The van der Waals surface area contributed by atoms with Crippen LogP contribution in [0, 0.1) is 5.92 Å². The molecule has 1 fully saturated rings. The summed E-state index contributed by atoms with van der Waals surface area (Å²) in [4.78, 5) is 14.7. The van der Waals surface area contributed by atoms with Crippen LogP contribution in [-0.4, -0.2) is 29.9 Å². The average Bonchev–Trinajstić information content (AvgIpc) is 2.93. The van der Waals surface area contributed by atoms with E-state index >= 15 is 0 Å². The van der Waals surface area contributed by atoms with E-state index in [-0.39, 0.29) is 11.9 Å². The number of anilines is 1. The highest BCUT2D eigenvalue weighted by Crippen LogP contribution is 2.21. The van der Waals surface area contributed by atoms with Crippen LogP contribution in [0.15, 0.2) is 42.5 Å². The first kappa shape index (κ1) is 14.1. The van der Waals surface area contributed by atoms with Crippen LogP contribution in [0.4, 0.5) is 5.69 Å². The molecule has 2 atom stereocenters. The van der Waals surface area contributed by atoms with Gasteiger partial charge in [-0.1, -0.05) is 37.3 Å². The van der Waals surface area contributed by atoms with E-state index in [2.05, 4.69) is 29.3 Å². The number of rotatable bonds is 3. The van der Waals surface area contributed by atoms with Crippen molar-refractivity contribution in [3.05, 3.63) is 42.5 Å². The summed E-state index contributed by atoms with van der Waals surface area (Å²) in [5.41, 5.74) is 0.873. The second kappa shape index (κ2) is 5.86. The van der Waals surface area contributed by atoms with Gasteiger partial charge in [0.2, 0.25) is 5.91 Å². The van der Waals surface area contributed by atoms with Gasteiger partial charge in [-0.05, 0) is 48.7 Å². The summed E-state index contributed by atoms with van der Waals surface area (Å²) < 4.78 is 0. The molecule has 1 N–H and O–H groups in total. The van der Waals surface area contributed by atoms with Gasteiger partial charge in [0.25, 0.3) is 0 Å². The molecule has 0 aromatic heterocycles. The van der Waals surface area contributed by atoms with Crippen molar-refractivity contribution < 1.29 is 4.79 Å². The van der Waals surface area contributed by atoms with Crippen molar-refractivity contribution in [1.82, 2.24) is 4.90 Å². The molecule has 0 aliphatic carbocycles. The van der Waals surface area contributed by atoms with Gasteiger partial charge in [-0.2, -0.15) is 0 Å². The Morgan fingerprint density at radius 2 is 2.00 bits per heavy atom. The smallest absolute Gasteiger partial charge is 0.241 e. The van der Waals surface area contributed by atoms with E-state index in [1.165, 1.54) is 11.8 Å². The first-order valence-electron chi connectivity index (χ1n) is 7.67. The Kier molecular flexibility index (Phi) is 3.93. The Morgan fingerprint density at radius 3 is 2.71 bits per heavy atom. The third kappa shape index (κ3) is 3.08. The molecule has 1 amide bonds. The summed E-state index contributed by atoms with van der Waals surface area (Å²) >= 11 is 0. The van der Waals surface area contributed by atoms with Gasteiger partial charge in [0.05, 0.1) is 6.04 Å². The van der Waals surface area contributed by atoms with Gasteiger partial charge in [-0.15, -0.1) is 0 Å². The monoisotopic (exact) mass is 282 g/mol. The molecular weight excluding hydrogens is 260 g/mol. The zero-order valence-electron chi connectivity index (χ0n) is 12.7. The summed E-state index contributed by atoms with van der Waals surface area (Å²) in [6.07, 6.45) is 1.19. The summed E-state index contributed by atoms with van der Waals surface area (Å²) in [6, 6.07) is 14.2. The molecule has 0 saturated carbocycles. The number of amides is 1. The van der Waals surface area contributed by atoms with Crippen LogP contribution in [0.1, 0.15) is 20.3 Å². The van der Waals surface area contributed by atoms with Crippen molar-refractivity contribution in [3.8, 4) is 0 Å². The summed E-state index contributed by atoms with van der Waals surface area (Å²) in [7, 11) is 0. The number of hydrogen-bond acceptors (Lipinski definition) is 2. The second-order valence-corrected chi connectivity index (χ2v) is 6.12. The molecule has 0 unspecified atom stereocenters. The fourth-order valence-corrected chi connectivity index (χ4v) is 3.00. The zero-order chi connectivity index (χ0) is 14.8. The van der Waals surface area contributed by atoms with Crippen molar-refractivity contribution in [2.24, 2.45) is 5.92 Å². The molecule has 1 aliphatic rings. The number of likely N-dealkylation sites (tertiary alicyclic amines) is 1. The number of hydrogen-bond donors (Lipinski definition) is 1. The zero-order valence-corrected chi connectivity index (χ0v) is 12.7. The quantitative estimate of drug-likeness (QED) is 0.934. The van der Waals surface area contributed by atoms with Crippen LogP contribution in [0.25, 0.3) is 10.8 Å². The molecule has 3 heteroatoms. The Bertz CT molecular complexity index is 652. The van der Waals surface area contributed by atoms with Crippen LogP contribution < -0.4 is 5.32 Å². The fraction of sp³-hybridized carbons (Fsp3) is 0.389. The molecule has 1 heterocycles. The molecule has 0 bridgehead atoms. The molecular formula is C18H22N2O. The lowest BCUT2D eigenvalue weighted by Gasteiger charge is -2.23. The van der Waals surface area contributed by atoms with Gasteiger partial charge in [-0.3, -0.25) is 9.69 Å². The number of nitrogens with one attached hydrogen (secondary N) is 1. The minimum atomic E-state index is -0.0681. The Hall–Kier alpha value is -1.87. The lowest BCUT2D eigenvalue weighted by atomic mass is 10.1. The van der Waals surface area contributed by atoms with Gasteiger partial charge >= 0.3 is 0 Å². The molecule has 2 aromatic rings. The first-order valence-corrected chi connectivity index (χ1v) is 7.67. The van der Waals surface area contributed by atoms with E-state index in [0.29, 0.717) is 5.92 Å². The highest BCUT2D eigenvalue weighted by atomic mass is 16.2. The molecule has 2 aromatic carbocycles. The number of carbonyl (C=O) groups is 1. The number of fused-ring (bicyclic) bond motifs is 1. The van der Waals surface area contributed by atoms with Crippen molar-refractivity contribution in [2.75, 3.05) is 18.4 Å². The predicted octanol–water partition coefficient (Wildman–Crippen LogP) is 3.51. The maximum atomic E-state index is 12.4. The van der Waals surface area contributed by atoms with E-state index in [1.54, 1.807) is 0 Å². The molecule has 21 heavy (non-hydrogen) atoms. The minimum absolute atomic E-state index is 0.0681. The van der Waals surface area contributed by atoms with Gasteiger partial charge in [-0.25, -0.2) is 0 Å². The first-order chi connectivity index (χ1) is 10.1. The Morgan fingerprint density at radius 1 is 1.24 bits per heavy atom. The Balaban J connectivity index is 1.70. The molecule has 1 aliphatic heterocycles. The lowest BCUT2D eigenvalue weighted by molar-refractivity contribution is -0.120. The lowest BCUT2D eigenvalue weighted by Crippen LogP contribution is -2.40. The van der Waals surface area contributed by atoms with Crippen LogP contribution in [0.5, 0.6) is 0 Å². The summed E-state index contributed by atoms with van der Waals surface area (Å²) in [5.74, 6) is 0.778. The van der Waals surface area contributed by atoms with E-state index in [9.17, 15) is 4.79 Å². The molecule has 3 rings (SSSR count). The number of nitrogens with zero attached hydrogens (tertiary/aromatic N) is 1. The number of benzene rings is 2. The van der Waals surface area contributed by atoms with Gasteiger partial charge < -0.3 is 5.32 Å². The summed E-state index contributed by atoms with van der Waals surface area (Å²) in [5, 5.41) is 5.39. The van der Waals surface area contributed by atoms with Crippen molar-refractivity contribution in [1.29, 1.82) is 0 Å². The largest absolute Gasteiger partial charge is 0.325 e. The topological polar surface area (TPSA) is 32.3 Å². The standard InChI is InChI=1S/C18H22N2O/c1-13-9-10-20(12-13)14(2)18(21)19-17-8-7-15-5-3-4-6-16(15)11-17/h3-8,11,13-14H,9-10,12H2,1-2H3,(H,19,21)/t13-,14+/m0/s1. The van der Waals surface area contributed by atoms with E-state index in [1.807, 2.05) is 37.3 Å². The predicted molar refractivity (Wildman–Crippen MR) is 87.4 cm³/mol. The van der Waals surface area contributed by atoms with Crippen molar-refractivity contribution in [2.45, 2.75) is 26.3 Å². The SMILES string of the molecule is C[C@H]1CCN([C@H](C)C(=O)Nc2ccc3ccccc3c2)C1. The molecule has 0 spiro atoms. The van der Waals surface area contributed by atoms with E-state index < -0.39 is 0 Å². The van der Waals surface area contributed by atoms with Crippen LogP contribution in [-0.2, 0) is 4.79 Å². The van der Waals surface area contributed by atoms with Gasteiger partial charge in [0.15, 0.2) is 0 Å². The van der Waals surface area contributed by atoms with Crippen molar-refractivity contribution in [3.63, 3.8) is 0 Å². The number of carbonyl (C=O) groups excluding carboxylic acids is 1. The van der Waals surface area contributed by atoms with E-state index in [4.69, 9.17) is 0 Å². The highest BCUT2D eigenvalue weighted by Gasteiger charge is 2.27. The maximum Gasteiger partial charge on any atom is 0.241 e. The third-order valence-electron chi connectivity index (χ3n) is 4.40. The molecule has 110 valence electrons. The minimum Gasteiger partial charge on any atom is -0.325 e. The van der Waals surface area contributed by atoms with Crippen LogP contribution >= 0.6 is 0 Å². The second-order valence-electron chi connectivity index (χ2n) is 6.12. The van der Waals surface area contributed by atoms with Crippen LogP contribution in [0.3, 0.4) is 0 Å². The van der Waals surface area contributed by atoms with Gasteiger partial charge in [0, 0.05) is 12.2 Å². The maximum absolute atomic E-state index is 12.4. The van der Waals surface area contributed by atoms with Gasteiger partial charge in [0.1, 0.15) is 0 Å². The average molecular weight is 282 g/mol. The molecule has 1 saturated heterocycles. The normalized spacial score (nSPS) is 20.6. The fourth-order valence-electron chi connectivity index (χ4n) is 3.00. The third-order valence-corrected chi connectivity index (χ3v) is 4.40. The highest BCUT2D eigenvalue weighted by molar-refractivity contribution is 5.97. The van der Waals surface area contributed by atoms with Crippen LogP contribution in [0.2, 0.25) is 0 Å². The Labute approximate surface area is 125 Å². The summed E-state index contributed by atoms with van der Waals surface area (Å²) in [6.45, 7) is 6.28. The molecule has 3 nitrogen and oxygen atoms in total. The molecule has 0 radical (unpaired) electrons.